The molecule has 8 aromatic carbocycles. The minimum atomic E-state index is -0.0418. The lowest BCUT2D eigenvalue weighted by molar-refractivity contribution is 0.590. The summed E-state index contributed by atoms with van der Waals surface area (Å²) in [5.74, 6) is 0. The van der Waals surface area contributed by atoms with Crippen molar-refractivity contribution < 1.29 is 0 Å². The lowest BCUT2D eigenvalue weighted by Gasteiger charge is -2.28. The number of hydrogen-bond acceptors (Lipinski definition) is 2. The Morgan fingerprint density at radius 1 is 0.410 bits per heavy atom. The van der Waals surface area contributed by atoms with Gasteiger partial charge < -0.3 is 9.30 Å². The third-order valence-electron chi connectivity index (χ3n) is 13.6. The molecule has 0 fully saturated rings. The minimum absolute atomic E-state index is 0.0327. The third-order valence-corrected chi connectivity index (χ3v) is 13.6. The smallest absolute Gasteiger partial charge is 0.146 e. The molecule has 61 heavy (non-hydrogen) atoms. The van der Waals surface area contributed by atoms with E-state index in [2.05, 4.69) is 213 Å². The number of benzene rings is 8. The molecule has 5 aromatic heterocycles. The Morgan fingerprint density at radius 2 is 0.951 bits per heavy atom. The standard InChI is InChI=1S/C57H44N4/c1-56(2,3)35-25-26-47-41(29-35)44-30-36(57(4,5)6)31-45-46-32-48-50(58-55(46)61(47)51(44)45)49-39-23-15-13-17-33(39)27-42-43-28-34-18-14-16-24-40(34)53(54(43)60(48)52(42)49)59(37-19-9-7-10-20-37)38-21-11-8-12-22-38/h7-32H,1-6H3. The zero-order valence-corrected chi connectivity index (χ0v) is 35.3. The van der Waals surface area contributed by atoms with Gasteiger partial charge in [-0.3, -0.25) is 4.40 Å². The van der Waals surface area contributed by atoms with Crippen LogP contribution >= 0.6 is 0 Å². The van der Waals surface area contributed by atoms with Crippen LogP contribution in [-0.4, -0.2) is 13.8 Å². The van der Waals surface area contributed by atoms with E-state index in [-0.39, 0.29) is 10.8 Å². The van der Waals surface area contributed by atoms with E-state index in [4.69, 9.17) is 4.98 Å². The zero-order chi connectivity index (χ0) is 41.1. The molecule has 0 bridgehead atoms. The lowest BCUT2D eigenvalue weighted by atomic mass is 9.84. The lowest BCUT2D eigenvalue weighted by Crippen LogP contribution is -2.11. The maximum atomic E-state index is 5.91. The van der Waals surface area contributed by atoms with Crippen molar-refractivity contribution in [3.63, 3.8) is 0 Å². The van der Waals surface area contributed by atoms with Crippen LogP contribution in [0.2, 0.25) is 0 Å². The summed E-state index contributed by atoms with van der Waals surface area (Å²) in [5, 5.41) is 13.6. The summed E-state index contributed by atoms with van der Waals surface area (Å²) in [4.78, 5) is 8.37. The highest BCUT2D eigenvalue weighted by molar-refractivity contribution is 6.35. The summed E-state index contributed by atoms with van der Waals surface area (Å²) in [7, 11) is 0. The van der Waals surface area contributed by atoms with E-state index < -0.39 is 0 Å². The summed E-state index contributed by atoms with van der Waals surface area (Å²) in [6, 6.07) is 58.8. The van der Waals surface area contributed by atoms with E-state index in [9.17, 15) is 0 Å². The van der Waals surface area contributed by atoms with Crippen molar-refractivity contribution in [2.45, 2.75) is 52.4 Å². The molecule has 13 aromatic rings. The van der Waals surface area contributed by atoms with Crippen LogP contribution in [0.25, 0.3) is 98.0 Å². The minimum Gasteiger partial charge on any atom is -0.308 e. The number of fused-ring (bicyclic) bond motifs is 15. The zero-order valence-electron chi connectivity index (χ0n) is 35.3. The second-order valence-corrected chi connectivity index (χ2v) is 19.3. The maximum absolute atomic E-state index is 5.91. The van der Waals surface area contributed by atoms with Gasteiger partial charge in [0.1, 0.15) is 5.65 Å². The highest BCUT2D eigenvalue weighted by atomic mass is 15.2. The molecule has 0 amide bonds. The molecule has 4 heteroatoms. The van der Waals surface area contributed by atoms with E-state index >= 15 is 0 Å². The van der Waals surface area contributed by atoms with Crippen LogP contribution in [-0.2, 0) is 10.8 Å². The van der Waals surface area contributed by atoms with Gasteiger partial charge in [0.15, 0.2) is 0 Å². The topological polar surface area (TPSA) is 24.9 Å². The van der Waals surface area contributed by atoms with Crippen molar-refractivity contribution in [3.05, 3.63) is 169 Å². The molecule has 292 valence electrons. The average molecular weight is 785 g/mol. The Bertz CT molecular complexity index is 3890. The Morgan fingerprint density at radius 3 is 1.61 bits per heavy atom. The molecule has 0 aliphatic heterocycles. The predicted molar refractivity (Wildman–Crippen MR) is 261 cm³/mol. The van der Waals surface area contributed by atoms with E-state index in [0.717, 1.165) is 33.7 Å². The van der Waals surface area contributed by atoms with Crippen LogP contribution in [0.4, 0.5) is 17.1 Å². The van der Waals surface area contributed by atoms with E-state index in [1.807, 2.05) is 0 Å². The first-order chi connectivity index (χ1) is 29.5. The highest BCUT2D eigenvalue weighted by Crippen LogP contribution is 2.51. The Balaban J connectivity index is 1.28. The Labute approximate surface area is 353 Å². The molecular weight excluding hydrogens is 741 g/mol. The molecule has 0 spiro atoms. The fourth-order valence-corrected chi connectivity index (χ4v) is 10.6. The number of rotatable bonds is 3. The molecule has 4 nitrogen and oxygen atoms in total. The van der Waals surface area contributed by atoms with Crippen molar-refractivity contribution >= 4 is 115 Å². The maximum Gasteiger partial charge on any atom is 0.146 e. The van der Waals surface area contributed by atoms with Gasteiger partial charge in [-0.1, -0.05) is 133 Å². The SMILES string of the molecule is CC(C)(C)c1ccc2c(c1)c1cc(C(C)(C)C)cc3c4cc5c(nc4n2c13)c1c2ccccc2cc2c3cc4ccccc4c(N(c4ccccc4)c4ccccc4)c3n5c21. The first kappa shape index (κ1) is 34.7. The largest absolute Gasteiger partial charge is 0.308 e. The Hall–Kier alpha value is -7.17. The van der Waals surface area contributed by atoms with Crippen molar-refractivity contribution in [1.82, 2.24) is 13.8 Å². The van der Waals surface area contributed by atoms with Crippen LogP contribution in [0.15, 0.2) is 158 Å². The van der Waals surface area contributed by atoms with E-state index in [1.54, 1.807) is 0 Å². The van der Waals surface area contributed by atoms with Gasteiger partial charge in [0.25, 0.3) is 0 Å². The molecule has 0 aliphatic carbocycles. The summed E-state index contributed by atoms with van der Waals surface area (Å²) >= 11 is 0. The number of nitrogens with zero attached hydrogens (tertiary/aromatic N) is 4. The number of anilines is 3. The summed E-state index contributed by atoms with van der Waals surface area (Å²) in [5.41, 5.74) is 14.1. The van der Waals surface area contributed by atoms with Gasteiger partial charge in [-0.25, -0.2) is 4.98 Å². The van der Waals surface area contributed by atoms with E-state index in [0.29, 0.717) is 0 Å². The molecule has 0 atom stereocenters. The van der Waals surface area contributed by atoms with Gasteiger partial charge in [-0.2, -0.15) is 0 Å². The summed E-state index contributed by atoms with van der Waals surface area (Å²) < 4.78 is 5.04. The Kier molecular flexibility index (Phi) is 6.69. The highest BCUT2D eigenvalue weighted by Gasteiger charge is 2.30. The predicted octanol–water partition coefficient (Wildman–Crippen LogP) is 15.8. The summed E-state index contributed by atoms with van der Waals surface area (Å²) in [6.07, 6.45) is 0. The molecular formula is C57H44N4. The van der Waals surface area contributed by atoms with Gasteiger partial charge >= 0.3 is 0 Å². The third kappa shape index (κ3) is 4.62. The first-order valence-corrected chi connectivity index (χ1v) is 21.6. The van der Waals surface area contributed by atoms with Crippen molar-refractivity contribution in [2.24, 2.45) is 0 Å². The van der Waals surface area contributed by atoms with Crippen LogP contribution in [0, 0.1) is 0 Å². The van der Waals surface area contributed by atoms with Gasteiger partial charge in [0.05, 0.1) is 38.8 Å². The quantitative estimate of drug-likeness (QED) is 0.178. The molecule has 0 N–H and O–H groups in total. The molecule has 0 unspecified atom stereocenters. The van der Waals surface area contributed by atoms with Crippen molar-refractivity contribution in [1.29, 1.82) is 0 Å². The second kappa shape index (κ2) is 11.8. The van der Waals surface area contributed by atoms with Crippen LogP contribution in [0.5, 0.6) is 0 Å². The molecule has 5 heterocycles. The van der Waals surface area contributed by atoms with Crippen LogP contribution in [0.3, 0.4) is 0 Å². The second-order valence-electron chi connectivity index (χ2n) is 19.3. The van der Waals surface area contributed by atoms with E-state index in [1.165, 1.54) is 92.4 Å². The van der Waals surface area contributed by atoms with Crippen molar-refractivity contribution in [3.8, 4) is 0 Å². The molecule has 0 aliphatic rings. The molecule has 13 rings (SSSR count). The first-order valence-electron chi connectivity index (χ1n) is 21.6. The van der Waals surface area contributed by atoms with Gasteiger partial charge in [-0.05, 0) is 105 Å². The van der Waals surface area contributed by atoms with Crippen LogP contribution < -0.4 is 4.90 Å². The molecule has 0 saturated carbocycles. The van der Waals surface area contributed by atoms with Crippen LogP contribution in [0.1, 0.15) is 52.7 Å². The molecule has 0 saturated heterocycles. The number of aromatic nitrogens is 3. The number of hydrogen-bond donors (Lipinski definition) is 0. The van der Waals surface area contributed by atoms with Gasteiger partial charge in [0, 0.05) is 54.5 Å². The summed E-state index contributed by atoms with van der Waals surface area (Å²) in [6.45, 7) is 13.9. The number of para-hydroxylation sites is 2. The average Bonchev–Trinajstić information content (AvgIpc) is 3.98. The number of pyridine rings is 1. The monoisotopic (exact) mass is 784 g/mol. The van der Waals surface area contributed by atoms with Crippen molar-refractivity contribution in [2.75, 3.05) is 4.90 Å². The fraction of sp³-hybridized carbons (Fsp3) is 0.140. The fourth-order valence-electron chi connectivity index (χ4n) is 10.6. The van der Waals surface area contributed by atoms with Gasteiger partial charge in [-0.15, -0.1) is 0 Å². The normalized spacial score (nSPS) is 13.1. The molecule has 0 radical (unpaired) electrons. The van der Waals surface area contributed by atoms with Gasteiger partial charge in [0.2, 0.25) is 0 Å².